The van der Waals surface area contributed by atoms with Gasteiger partial charge >= 0.3 is 0 Å². The van der Waals surface area contributed by atoms with Crippen molar-refractivity contribution >= 4 is 28.6 Å². The van der Waals surface area contributed by atoms with Gasteiger partial charge in [0.25, 0.3) is 0 Å². The number of imidazole rings is 1. The zero-order valence-corrected chi connectivity index (χ0v) is 11.8. The topological polar surface area (TPSA) is 140 Å². The highest BCUT2D eigenvalue weighted by atomic mass is 35.5. The summed E-state index contributed by atoms with van der Waals surface area (Å²) in [7, 11) is 0. The summed E-state index contributed by atoms with van der Waals surface area (Å²) < 4.78 is 6.90. The second kappa shape index (κ2) is 4.75. The van der Waals surface area contributed by atoms with Crippen molar-refractivity contribution < 1.29 is 20.1 Å². The largest absolute Gasteiger partial charge is 0.394 e. The number of halogens is 1. The molecule has 0 aliphatic carbocycles. The molecule has 0 saturated carbocycles. The van der Waals surface area contributed by atoms with Gasteiger partial charge in [0.15, 0.2) is 17.7 Å². The minimum atomic E-state index is -1.65. The van der Waals surface area contributed by atoms with Crippen LogP contribution in [0, 0.1) is 0 Å². The molecule has 0 aromatic carbocycles. The average Bonchev–Trinajstić information content (AvgIpc) is 2.91. The first-order chi connectivity index (χ1) is 9.86. The van der Waals surface area contributed by atoms with Gasteiger partial charge in [-0.1, -0.05) is 0 Å². The lowest BCUT2D eigenvalue weighted by atomic mass is 9.96. The number of ether oxygens (including phenoxy) is 1. The highest BCUT2D eigenvalue weighted by molar-refractivity contribution is 6.28. The molecular weight excluding hydrogens is 302 g/mol. The molecule has 2 aromatic heterocycles. The molecule has 1 aliphatic rings. The van der Waals surface area contributed by atoms with E-state index < -0.39 is 30.6 Å². The van der Waals surface area contributed by atoms with E-state index in [0.717, 1.165) is 0 Å². The molecule has 0 unspecified atom stereocenters. The fraction of sp³-hybridized carbons (Fsp3) is 0.545. The summed E-state index contributed by atoms with van der Waals surface area (Å²) in [6, 6.07) is 0. The lowest BCUT2D eigenvalue weighted by Crippen LogP contribution is -2.44. The minimum absolute atomic E-state index is 0.0707. The summed E-state index contributed by atoms with van der Waals surface area (Å²) in [6.07, 6.45) is -1.82. The van der Waals surface area contributed by atoms with E-state index in [0.29, 0.717) is 5.52 Å². The molecule has 3 rings (SSSR count). The van der Waals surface area contributed by atoms with Gasteiger partial charge in [-0.2, -0.15) is 9.97 Å². The third-order valence-electron chi connectivity index (χ3n) is 3.61. The van der Waals surface area contributed by atoms with Crippen molar-refractivity contribution in [1.82, 2.24) is 19.5 Å². The molecule has 1 aliphatic heterocycles. The van der Waals surface area contributed by atoms with Crippen molar-refractivity contribution in [2.75, 3.05) is 12.3 Å². The van der Waals surface area contributed by atoms with E-state index in [-0.39, 0.29) is 16.7 Å². The number of hydrogen-bond acceptors (Lipinski definition) is 8. The van der Waals surface area contributed by atoms with Crippen LogP contribution in [0.4, 0.5) is 5.82 Å². The van der Waals surface area contributed by atoms with Crippen LogP contribution in [0.3, 0.4) is 0 Å². The fourth-order valence-corrected chi connectivity index (χ4v) is 2.64. The molecule has 0 amide bonds. The summed E-state index contributed by atoms with van der Waals surface area (Å²) in [5.74, 6) is 0.0978. The molecule has 9 nitrogen and oxygen atoms in total. The predicted molar refractivity (Wildman–Crippen MR) is 72.4 cm³/mol. The zero-order valence-electron chi connectivity index (χ0n) is 11.0. The Balaban J connectivity index is 2.13. The van der Waals surface area contributed by atoms with Gasteiger partial charge in [0, 0.05) is 0 Å². The predicted octanol–water partition coefficient (Wildman–Crippen LogP) is -0.937. The van der Waals surface area contributed by atoms with Crippen molar-refractivity contribution in [1.29, 1.82) is 0 Å². The van der Waals surface area contributed by atoms with Crippen molar-refractivity contribution in [2.24, 2.45) is 0 Å². The minimum Gasteiger partial charge on any atom is -0.394 e. The van der Waals surface area contributed by atoms with Crippen molar-refractivity contribution in [2.45, 2.75) is 31.0 Å². The normalized spacial score (nSPS) is 32.9. The number of hydrogen-bond donors (Lipinski definition) is 4. The van der Waals surface area contributed by atoms with Crippen LogP contribution in [0.5, 0.6) is 0 Å². The smallest absolute Gasteiger partial charge is 0.226 e. The van der Waals surface area contributed by atoms with Crippen LogP contribution in [0.15, 0.2) is 6.33 Å². The van der Waals surface area contributed by atoms with Gasteiger partial charge in [0.2, 0.25) is 5.28 Å². The first-order valence-electron chi connectivity index (χ1n) is 6.18. The number of aliphatic hydroxyl groups excluding tert-OH is 2. The molecular formula is C11H14ClN5O4. The van der Waals surface area contributed by atoms with E-state index in [1.165, 1.54) is 17.8 Å². The summed E-state index contributed by atoms with van der Waals surface area (Å²) in [5, 5.41) is 29.6. The number of anilines is 1. The Morgan fingerprint density at radius 1 is 1.52 bits per heavy atom. The van der Waals surface area contributed by atoms with Gasteiger partial charge in [-0.3, -0.25) is 4.57 Å². The average molecular weight is 316 g/mol. The summed E-state index contributed by atoms with van der Waals surface area (Å²) >= 11 is 5.78. The second-order valence-electron chi connectivity index (χ2n) is 5.08. The molecule has 1 saturated heterocycles. The monoisotopic (exact) mass is 315 g/mol. The molecule has 114 valence electrons. The Hall–Kier alpha value is -1.52. The number of fused-ring (bicyclic) bond motifs is 1. The van der Waals surface area contributed by atoms with Crippen molar-refractivity contribution in [3.8, 4) is 0 Å². The maximum atomic E-state index is 10.5. The molecule has 0 bridgehead atoms. The van der Waals surface area contributed by atoms with Gasteiger partial charge in [0.05, 0.1) is 12.9 Å². The second-order valence-corrected chi connectivity index (χ2v) is 5.42. The number of nitrogens with two attached hydrogens (primary N) is 1. The third kappa shape index (κ3) is 2.05. The Morgan fingerprint density at radius 3 is 2.86 bits per heavy atom. The first kappa shape index (κ1) is 14.4. The van der Waals surface area contributed by atoms with E-state index in [2.05, 4.69) is 15.0 Å². The van der Waals surface area contributed by atoms with Crippen molar-refractivity contribution in [3.05, 3.63) is 11.6 Å². The standard InChI is InChI=1S/C11H14ClN5O4/c1-11(20)6(19)4(2-18)21-9(11)17-3-14-5-7(13)15-10(12)16-8(5)17/h3-4,6,9,18-20H,2H2,1H3,(H2,13,15,16)/t4-,6+,9-,11-/m1/s1. The highest BCUT2D eigenvalue weighted by Gasteiger charge is 2.53. The Morgan fingerprint density at radius 2 is 2.24 bits per heavy atom. The lowest BCUT2D eigenvalue weighted by molar-refractivity contribution is -0.0950. The van der Waals surface area contributed by atoms with E-state index in [1.54, 1.807) is 0 Å². The van der Waals surface area contributed by atoms with Crippen LogP contribution in [-0.2, 0) is 4.74 Å². The van der Waals surface area contributed by atoms with Crippen LogP contribution < -0.4 is 5.73 Å². The van der Waals surface area contributed by atoms with E-state index >= 15 is 0 Å². The van der Waals surface area contributed by atoms with Crippen LogP contribution in [0.1, 0.15) is 13.2 Å². The maximum Gasteiger partial charge on any atom is 0.226 e. The van der Waals surface area contributed by atoms with E-state index in [4.69, 9.17) is 22.1 Å². The molecule has 21 heavy (non-hydrogen) atoms. The van der Waals surface area contributed by atoms with Crippen molar-refractivity contribution in [3.63, 3.8) is 0 Å². The Bertz CT molecular complexity index is 691. The van der Waals surface area contributed by atoms with Crippen LogP contribution >= 0.6 is 11.6 Å². The van der Waals surface area contributed by atoms with Gasteiger partial charge in [-0.15, -0.1) is 0 Å². The molecule has 0 radical (unpaired) electrons. The van der Waals surface area contributed by atoms with E-state index in [9.17, 15) is 15.3 Å². The fourth-order valence-electron chi connectivity index (χ4n) is 2.47. The zero-order chi connectivity index (χ0) is 15.4. The molecule has 1 fully saturated rings. The molecule has 5 N–H and O–H groups in total. The number of rotatable bonds is 2. The molecule has 10 heteroatoms. The Labute approximate surface area is 124 Å². The van der Waals surface area contributed by atoms with Gasteiger partial charge in [0.1, 0.15) is 23.3 Å². The quantitative estimate of drug-likeness (QED) is 0.521. The summed E-state index contributed by atoms with van der Waals surface area (Å²) in [4.78, 5) is 11.9. The number of nitrogen functional groups attached to an aromatic ring is 1. The van der Waals surface area contributed by atoms with Gasteiger partial charge in [-0.05, 0) is 18.5 Å². The van der Waals surface area contributed by atoms with Crippen LogP contribution in [-0.4, -0.2) is 59.3 Å². The van der Waals surface area contributed by atoms with E-state index in [1.807, 2.05) is 0 Å². The first-order valence-corrected chi connectivity index (χ1v) is 6.56. The number of aromatic nitrogens is 4. The lowest BCUT2D eigenvalue weighted by Gasteiger charge is -2.27. The molecule has 2 aromatic rings. The SMILES string of the molecule is C[C@@]1(O)[C@@H](O)[C@@H](CO)O[C@H]1n1cnc2c(N)nc(Cl)nc21. The molecule has 0 spiro atoms. The maximum absolute atomic E-state index is 10.5. The van der Waals surface area contributed by atoms with Gasteiger partial charge < -0.3 is 25.8 Å². The third-order valence-corrected chi connectivity index (χ3v) is 3.78. The van der Waals surface area contributed by atoms with Gasteiger partial charge in [-0.25, -0.2) is 4.98 Å². The highest BCUT2D eigenvalue weighted by Crippen LogP contribution is 2.39. The van der Waals surface area contributed by atoms with Crippen LogP contribution in [0.25, 0.3) is 11.2 Å². The van der Waals surface area contributed by atoms with Crippen LogP contribution in [0.2, 0.25) is 5.28 Å². The number of aliphatic hydroxyl groups is 3. The summed E-state index contributed by atoms with van der Waals surface area (Å²) in [6.45, 7) is 0.967. The summed E-state index contributed by atoms with van der Waals surface area (Å²) in [5.41, 5.74) is 4.64. The molecule has 4 atom stereocenters. The Kier molecular flexibility index (Phi) is 3.26. The molecule has 3 heterocycles. The number of nitrogens with zero attached hydrogens (tertiary/aromatic N) is 4.